The van der Waals surface area contributed by atoms with Gasteiger partial charge >= 0.3 is 7.12 Å². The normalized spacial score (nSPS) is 29.2. The van der Waals surface area contributed by atoms with E-state index < -0.39 is 12.7 Å². The first-order valence-electron chi connectivity index (χ1n) is 17.1. The summed E-state index contributed by atoms with van der Waals surface area (Å²) in [7, 11) is -0.557. The lowest BCUT2D eigenvalue weighted by Crippen LogP contribution is -2.65. The highest BCUT2D eigenvalue weighted by molar-refractivity contribution is 6.48. The highest BCUT2D eigenvalue weighted by Crippen LogP contribution is 2.65. The Hall–Kier alpha value is -3.41. The second kappa shape index (κ2) is 12.2. The van der Waals surface area contributed by atoms with E-state index in [0.29, 0.717) is 52.4 Å². The van der Waals surface area contributed by atoms with Gasteiger partial charge < -0.3 is 24.8 Å². The Morgan fingerprint density at radius 3 is 2.62 bits per heavy atom. The largest absolute Gasteiger partial charge is 0.481 e. The summed E-state index contributed by atoms with van der Waals surface area (Å²) in [4.78, 5) is 38.3. The van der Waals surface area contributed by atoms with E-state index in [-0.39, 0.29) is 53.8 Å². The number of fused-ring (bicyclic) bond motifs is 1. The highest BCUT2D eigenvalue weighted by Gasteiger charge is 2.68. The molecule has 2 amide bonds. The maximum Gasteiger partial charge on any atom is 0.481 e. The number of aromatic nitrogens is 2. The van der Waals surface area contributed by atoms with Gasteiger partial charge in [0.05, 0.1) is 41.2 Å². The average molecular weight is 674 g/mol. The molecule has 1 saturated heterocycles. The van der Waals surface area contributed by atoms with Crippen LogP contribution in [0, 0.1) is 30.1 Å². The second-order valence-corrected chi connectivity index (χ2v) is 15.8. The molecular formula is C36H45BClN5O5. The molecule has 48 heavy (non-hydrogen) atoms. The third kappa shape index (κ3) is 5.61. The zero-order valence-electron chi connectivity index (χ0n) is 28.6. The topological polar surface area (TPSA) is 116 Å². The molecule has 254 valence electrons. The van der Waals surface area contributed by atoms with Crippen molar-refractivity contribution in [3.05, 3.63) is 70.6 Å². The van der Waals surface area contributed by atoms with Crippen molar-refractivity contribution in [1.82, 2.24) is 20.0 Å². The van der Waals surface area contributed by atoms with Crippen molar-refractivity contribution in [3.8, 4) is 0 Å². The van der Waals surface area contributed by atoms with E-state index in [1.54, 1.807) is 29.7 Å². The lowest BCUT2D eigenvalue weighted by molar-refractivity contribution is -0.199. The van der Waals surface area contributed by atoms with Crippen molar-refractivity contribution >= 4 is 41.9 Å². The third-order valence-corrected chi connectivity index (χ3v) is 11.8. The molecule has 4 fully saturated rings. The number of oxime groups is 1. The molecule has 0 spiro atoms. The van der Waals surface area contributed by atoms with Crippen molar-refractivity contribution in [2.75, 3.05) is 6.54 Å². The van der Waals surface area contributed by atoms with Gasteiger partial charge in [0.2, 0.25) is 5.60 Å². The van der Waals surface area contributed by atoms with Gasteiger partial charge in [-0.25, -0.2) is 4.98 Å². The lowest BCUT2D eigenvalue weighted by Gasteiger charge is -2.64. The van der Waals surface area contributed by atoms with Crippen LogP contribution >= 0.6 is 11.6 Å². The summed E-state index contributed by atoms with van der Waals surface area (Å²) < 4.78 is 15.1. The van der Waals surface area contributed by atoms with E-state index in [9.17, 15) is 9.59 Å². The standard InChI is InChI=1S/C36H45BClN5O5/c1-21(2)15-29(37-46-28-17-24-16-27(34(24,4)5)35(28,6)47-37)41-33(45)36(18-23-11-8-7-9-12-23)19-25(42-48-36)20-39-32(44)26-13-10-14-43-30(38)22(3)40-31(26)43/h7-14,21,24,27-29H,15-20H2,1-6H3,(H,39,44)(H,41,45)/t24-,27-,28+,29-,35-,36?/m0/s1. The zero-order chi connectivity index (χ0) is 34.0. The molecule has 1 unspecified atom stereocenters. The van der Waals surface area contributed by atoms with Crippen LogP contribution in [0.3, 0.4) is 0 Å². The van der Waals surface area contributed by atoms with Crippen LogP contribution in [0.5, 0.6) is 0 Å². The summed E-state index contributed by atoms with van der Waals surface area (Å²) in [5.41, 5.74) is 1.55. The number of halogens is 1. The van der Waals surface area contributed by atoms with Gasteiger partial charge in [0.15, 0.2) is 5.65 Å². The predicted molar refractivity (Wildman–Crippen MR) is 185 cm³/mol. The number of aryl methyl sites for hydroxylation is 1. The fourth-order valence-electron chi connectivity index (χ4n) is 8.59. The van der Waals surface area contributed by atoms with E-state index in [1.165, 1.54) is 0 Å². The van der Waals surface area contributed by atoms with Crippen LogP contribution in [-0.4, -0.2) is 63.8 Å². The first kappa shape index (κ1) is 33.1. The number of benzene rings is 1. The molecule has 3 aliphatic carbocycles. The number of nitrogens with zero attached hydrogens (tertiary/aromatic N) is 3. The van der Waals surface area contributed by atoms with Gasteiger partial charge in [-0.1, -0.05) is 74.8 Å². The number of hydrogen-bond acceptors (Lipinski definition) is 7. The van der Waals surface area contributed by atoms with Crippen LogP contribution in [0.2, 0.25) is 5.15 Å². The van der Waals surface area contributed by atoms with Gasteiger partial charge in [0, 0.05) is 19.0 Å². The number of hydrogen-bond donors (Lipinski definition) is 2. The Kier molecular flexibility index (Phi) is 8.40. The molecule has 2 bridgehead atoms. The summed E-state index contributed by atoms with van der Waals surface area (Å²) in [5.74, 6) is 0.380. The maximum absolute atomic E-state index is 14.4. The van der Waals surface area contributed by atoms with Gasteiger partial charge in [0.1, 0.15) is 5.15 Å². The Morgan fingerprint density at radius 1 is 1.12 bits per heavy atom. The van der Waals surface area contributed by atoms with Crippen LogP contribution in [0.15, 0.2) is 53.8 Å². The molecule has 8 rings (SSSR count). The van der Waals surface area contributed by atoms with E-state index in [1.807, 2.05) is 30.3 Å². The van der Waals surface area contributed by atoms with Gasteiger partial charge in [-0.15, -0.1) is 0 Å². The Labute approximate surface area is 287 Å². The molecule has 6 atom stereocenters. The van der Waals surface area contributed by atoms with Crippen molar-refractivity contribution in [3.63, 3.8) is 0 Å². The Morgan fingerprint density at radius 2 is 1.90 bits per heavy atom. The van der Waals surface area contributed by atoms with Gasteiger partial charge in [-0.05, 0) is 74.0 Å². The van der Waals surface area contributed by atoms with Gasteiger partial charge in [-0.3, -0.25) is 14.0 Å². The van der Waals surface area contributed by atoms with Crippen molar-refractivity contribution in [2.24, 2.45) is 28.3 Å². The minimum Gasteiger partial charge on any atom is -0.404 e. The third-order valence-electron chi connectivity index (χ3n) is 11.4. The molecule has 10 nitrogen and oxygen atoms in total. The van der Waals surface area contributed by atoms with Crippen molar-refractivity contribution in [1.29, 1.82) is 0 Å². The monoisotopic (exact) mass is 673 g/mol. The SMILES string of the molecule is Cc1nc2c(C(=O)NCC3=NOC(Cc4ccccc4)(C(=O)N[C@@H](CC(C)C)B4O[C@@H]5C[C@@H]6C[C@@H](C6(C)C)[C@]5(C)O4)C3)cccn2c1Cl. The Balaban J connectivity index is 1.08. The van der Waals surface area contributed by atoms with Crippen LogP contribution in [0.25, 0.3) is 5.65 Å². The van der Waals surface area contributed by atoms with E-state index in [4.69, 9.17) is 25.7 Å². The summed E-state index contributed by atoms with van der Waals surface area (Å²) >= 11 is 6.37. The molecule has 12 heteroatoms. The lowest BCUT2D eigenvalue weighted by atomic mass is 9.43. The fraction of sp³-hybridized carbons (Fsp3) is 0.556. The summed E-state index contributed by atoms with van der Waals surface area (Å²) in [6.07, 6.45) is 5.13. The zero-order valence-corrected chi connectivity index (χ0v) is 29.3. The quantitative estimate of drug-likeness (QED) is 0.272. The number of rotatable bonds is 10. The van der Waals surface area contributed by atoms with Crippen molar-refractivity contribution in [2.45, 2.75) is 96.9 Å². The molecule has 3 aromatic rings. The first-order chi connectivity index (χ1) is 22.8. The summed E-state index contributed by atoms with van der Waals surface area (Å²) in [6, 6.07) is 13.2. The highest BCUT2D eigenvalue weighted by atomic mass is 35.5. The fourth-order valence-corrected chi connectivity index (χ4v) is 8.77. The van der Waals surface area contributed by atoms with Gasteiger partial charge in [0.25, 0.3) is 11.8 Å². The molecule has 3 saturated carbocycles. The number of amides is 2. The number of imidazole rings is 1. The summed E-state index contributed by atoms with van der Waals surface area (Å²) in [6.45, 7) is 13.1. The molecule has 2 aliphatic heterocycles. The van der Waals surface area contributed by atoms with Crippen molar-refractivity contribution < 1.29 is 23.7 Å². The number of pyridine rings is 1. The van der Waals surface area contributed by atoms with Crippen LogP contribution < -0.4 is 10.6 Å². The smallest absolute Gasteiger partial charge is 0.404 e. The van der Waals surface area contributed by atoms with Crippen LogP contribution in [0.4, 0.5) is 0 Å². The molecule has 2 N–H and O–H groups in total. The van der Waals surface area contributed by atoms with E-state index in [0.717, 1.165) is 18.4 Å². The minimum atomic E-state index is -1.30. The minimum absolute atomic E-state index is 0.0122. The molecular weight excluding hydrogens is 629 g/mol. The van der Waals surface area contributed by atoms with Crippen LogP contribution in [0.1, 0.15) is 81.9 Å². The average Bonchev–Trinajstić information content (AvgIpc) is 3.72. The molecule has 0 radical (unpaired) electrons. The van der Waals surface area contributed by atoms with Gasteiger partial charge in [-0.2, -0.15) is 0 Å². The van der Waals surface area contributed by atoms with E-state index in [2.05, 4.69) is 55.4 Å². The predicted octanol–water partition coefficient (Wildman–Crippen LogP) is 5.58. The maximum atomic E-state index is 14.4. The summed E-state index contributed by atoms with van der Waals surface area (Å²) in [5, 5.41) is 11.1. The number of carbonyl (C=O) groups is 2. The number of nitrogens with one attached hydrogen (secondary N) is 2. The van der Waals surface area contributed by atoms with Crippen LogP contribution in [-0.2, 0) is 25.4 Å². The molecule has 1 aromatic carbocycles. The molecule has 5 aliphatic rings. The van der Waals surface area contributed by atoms with E-state index >= 15 is 0 Å². The first-order valence-corrected chi connectivity index (χ1v) is 17.5. The molecule has 4 heterocycles. The molecule has 2 aromatic heterocycles. The Bertz CT molecular complexity index is 1760. The second-order valence-electron chi connectivity index (χ2n) is 15.4. The number of carbonyl (C=O) groups excluding carboxylic acids is 2.